The van der Waals surface area contributed by atoms with Gasteiger partial charge >= 0.3 is 0 Å². The number of azide groups is 1. The summed E-state index contributed by atoms with van der Waals surface area (Å²) in [5.41, 5.74) is 10.6. The molecule has 0 aromatic heterocycles. The van der Waals surface area contributed by atoms with Gasteiger partial charge in [-0.1, -0.05) is 22.8 Å². The van der Waals surface area contributed by atoms with Crippen molar-refractivity contribution in [2.75, 3.05) is 6.54 Å². The third kappa shape index (κ3) is 1.81. The summed E-state index contributed by atoms with van der Waals surface area (Å²) in [5.74, 6) is -0.151. The standard InChI is InChI=1S/C16H19N3O2/c1-10-13-11(4-3-9-18-19-17)5-6-12(13)14(20)15(2,21)16(10)7-8-16/h5-6,21H,3-4,7-9H2,1-2H3/t15-/m0/s1. The van der Waals surface area contributed by atoms with E-state index in [1.807, 2.05) is 19.1 Å². The quantitative estimate of drug-likeness (QED) is 0.371. The van der Waals surface area contributed by atoms with Crippen molar-refractivity contribution < 1.29 is 9.90 Å². The zero-order valence-corrected chi connectivity index (χ0v) is 12.4. The summed E-state index contributed by atoms with van der Waals surface area (Å²) in [6.07, 6.45) is 7.11. The minimum absolute atomic E-state index is 0.151. The van der Waals surface area contributed by atoms with E-state index in [0.29, 0.717) is 12.1 Å². The Morgan fingerprint density at radius 3 is 2.76 bits per heavy atom. The molecule has 1 N–H and O–H groups in total. The number of rotatable bonds is 4. The second-order valence-electron chi connectivity index (χ2n) is 6.31. The highest BCUT2D eigenvalue weighted by atomic mass is 16.3. The number of fused-ring (bicyclic) bond motifs is 1. The summed E-state index contributed by atoms with van der Waals surface area (Å²) in [4.78, 5) is 15.4. The molecular weight excluding hydrogens is 266 g/mol. The fourth-order valence-corrected chi connectivity index (χ4v) is 3.82. The molecule has 0 unspecified atom stereocenters. The van der Waals surface area contributed by atoms with Crippen molar-refractivity contribution in [3.05, 3.63) is 44.9 Å². The summed E-state index contributed by atoms with van der Waals surface area (Å²) < 4.78 is 0. The third-order valence-electron chi connectivity index (χ3n) is 5.27. The maximum absolute atomic E-state index is 12.6. The molecule has 21 heavy (non-hydrogen) atoms. The van der Waals surface area contributed by atoms with Crippen LogP contribution in [0.2, 0.25) is 0 Å². The summed E-state index contributed by atoms with van der Waals surface area (Å²) >= 11 is 0. The van der Waals surface area contributed by atoms with Gasteiger partial charge in [0.15, 0.2) is 5.78 Å². The molecule has 0 amide bonds. The fraction of sp³-hybridized carbons (Fsp3) is 0.562. The van der Waals surface area contributed by atoms with E-state index >= 15 is 0 Å². The predicted octanol–water partition coefficient (Wildman–Crippen LogP) is 3.37. The molecule has 5 nitrogen and oxygen atoms in total. The molecule has 3 rings (SSSR count). The maximum atomic E-state index is 12.6. The van der Waals surface area contributed by atoms with Gasteiger partial charge in [-0.2, -0.15) is 0 Å². The van der Waals surface area contributed by atoms with E-state index in [0.717, 1.165) is 42.4 Å². The minimum atomic E-state index is -1.28. The highest BCUT2D eigenvalue weighted by molar-refractivity contribution is 6.10. The summed E-state index contributed by atoms with van der Waals surface area (Å²) in [5, 5.41) is 14.2. The van der Waals surface area contributed by atoms with Crippen LogP contribution in [0.25, 0.3) is 10.4 Å². The van der Waals surface area contributed by atoms with Crippen LogP contribution in [0.1, 0.15) is 39.5 Å². The van der Waals surface area contributed by atoms with Crippen molar-refractivity contribution in [1.29, 1.82) is 0 Å². The molecule has 1 saturated carbocycles. The SMILES string of the molecule is CC1=C2C(CCCN=[N+]=[N-])=CC=C2C(=O)[C@](C)(O)C12CC2. The molecule has 1 spiro atoms. The molecule has 0 aromatic rings. The van der Waals surface area contributed by atoms with E-state index in [9.17, 15) is 9.90 Å². The Balaban J connectivity index is 1.92. The third-order valence-corrected chi connectivity index (χ3v) is 5.27. The molecule has 1 atom stereocenters. The molecule has 3 aliphatic carbocycles. The first-order valence-electron chi connectivity index (χ1n) is 7.37. The van der Waals surface area contributed by atoms with Crippen molar-refractivity contribution in [3.8, 4) is 0 Å². The number of allylic oxidation sites excluding steroid dienone is 4. The molecule has 3 aliphatic rings. The normalized spacial score (nSPS) is 29.0. The van der Waals surface area contributed by atoms with Crippen molar-refractivity contribution in [2.45, 2.75) is 45.1 Å². The van der Waals surface area contributed by atoms with Gasteiger partial charge in [0.2, 0.25) is 0 Å². The van der Waals surface area contributed by atoms with Crippen LogP contribution in [-0.2, 0) is 4.79 Å². The molecular formula is C16H19N3O2. The molecule has 0 heterocycles. The van der Waals surface area contributed by atoms with Crippen LogP contribution in [0, 0.1) is 5.41 Å². The van der Waals surface area contributed by atoms with Gasteiger partial charge in [0, 0.05) is 22.4 Å². The maximum Gasteiger partial charge on any atom is 0.195 e. The molecule has 0 radical (unpaired) electrons. The monoisotopic (exact) mass is 285 g/mol. The first-order chi connectivity index (χ1) is 9.95. The van der Waals surface area contributed by atoms with E-state index in [4.69, 9.17) is 5.53 Å². The number of hydrogen-bond donors (Lipinski definition) is 1. The van der Waals surface area contributed by atoms with E-state index < -0.39 is 5.60 Å². The van der Waals surface area contributed by atoms with Gasteiger partial charge in [0.05, 0.1) is 0 Å². The van der Waals surface area contributed by atoms with Crippen LogP contribution in [0.3, 0.4) is 0 Å². The predicted molar refractivity (Wildman–Crippen MR) is 79.4 cm³/mol. The van der Waals surface area contributed by atoms with Crippen molar-refractivity contribution in [3.63, 3.8) is 0 Å². The second kappa shape index (κ2) is 4.58. The van der Waals surface area contributed by atoms with E-state index in [-0.39, 0.29) is 11.2 Å². The van der Waals surface area contributed by atoms with E-state index in [1.165, 1.54) is 0 Å². The molecule has 0 aromatic carbocycles. The van der Waals surface area contributed by atoms with Crippen LogP contribution in [-0.4, -0.2) is 23.0 Å². The Bertz CT molecular complexity index is 657. The fourth-order valence-electron chi connectivity index (χ4n) is 3.82. The minimum Gasteiger partial charge on any atom is -0.381 e. The van der Waals surface area contributed by atoms with Crippen LogP contribution in [0.4, 0.5) is 0 Å². The zero-order chi connectivity index (χ0) is 15.3. The lowest BCUT2D eigenvalue weighted by atomic mass is 9.67. The topological polar surface area (TPSA) is 86.1 Å². The molecule has 0 aliphatic heterocycles. The van der Waals surface area contributed by atoms with E-state index in [2.05, 4.69) is 10.0 Å². The number of Topliss-reactive ketones (excluding diaryl/α,β-unsaturated/α-hetero) is 1. The lowest BCUT2D eigenvalue weighted by Gasteiger charge is -2.39. The molecule has 110 valence electrons. The summed E-state index contributed by atoms with van der Waals surface area (Å²) in [7, 11) is 0. The van der Waals surface area contributed by atoms with Gasteiger partial charge in [0.25, 0.3) is 0 Å². The number of ketones is 1. The first-order valence-corrected chi connectivity index (χ1v) is 7.37. The highest BCUT2D eigenvalue weighted by Crippen LogP contribution is 2.64. The van der Waals surface area contributed by atoms with Crippen molar-refractivity contribution in [2.24, 2.45) is 10.5 Å². The Hall–Kier alpha value is -1.84. The zero-order valence-electron chi connectivity index (χ0n) is 12.4. The van der Waals surface area contributed by atoms with Gasteiger partial charge in [-0.15, -0.1) is 0 Å². The smallest absolute Gasteiger partial charge is 0.195 e. The van der Waals surface area contributed by atoms with E-state index in [1.54, 1.807) is 6.92 Å². The average Bonchev–Trinajstić information content (AvgIpc) is 3.17. The Kier molecular flexibility index (Phi) is 3.08. The largest absolute Gasteiger partial charge is 0.381 e. The van der Waals surface area contributed by atoms with Crippen molar-refractivity contribution >= 4 is 5.78 Å². The van der Waals surface area contributed by atoms with Crippen molar-refractivity contribution in [1.82, 2.24) is 0 Å². The van der Waals surface area contributed by atoms with Gasteiger partial charge < -0.3 is 5.11 Å². The first kappa shape index (κ1) is 14.1. The Morgan fingerprint density at radius 2 is 2.14 bits per heavy atom. The molecule has 0 bridgehead atoms. The number of hydrogen-bond acceptors (Lipinski definition) is 3. The lowest BCUT2D eigenvalue weighted by Crippen LogP contribution is -2.49. The number of carbonyl (C=O) groups is 1. The van der Waals surface area contributed by atoms with Gasteiger partial charge in [-0.3, -0.25) is 4.79 Å². The van der Waals surface area contributed by atoms with Crippen LogP contribution in [0.15, 0.2) is 39.6 Å². The van der Waals surface area contributed by atoms with Crippen LogP contribution in [0.5, 0.6) is 0 Å². The Labute approximate surface area is 123 Å². The summed E-state index contributed by atoms with van der Waals surface area (Å²) in [6.45, 7) is 4.17. The number of aliphatic hydroxyl groups is 1. The Morgan fingerprint density at radius 1 is 1.43 bits per heavy atom. The average molecular weight is 285 g/mol. The highest BCUT2D eigenvalue weighted by Gasteiger charge is 2.64. The van der Waals surface area contributed by atoms with Crippen LogP contribution < -0.4 is 0 Å². The summed E-state index contributed by atoms with van der Waals surface area (Å²) in [6, 6.07) is 0. The van der Waals surface area contributed by atoms with Gasteiger partial charge in [0.1, 0.15) is 5.60 Å². The second-order valence-corrected chi connectivity index (χ2v) is 6.31. The number of carbonyl (C=O) groups excluding carboxylic acids is 1. The molecule has 1 fully saturated rings. The molecule has 0 saturated heterocycles. The van der Waals surface area contributed by atoms with Crippen LogP contribution >= 0.6 is 0 Å². The van der Waals surface area contributed by atoms with Gasteiger partial charge in [-0.05, 0) is 56.2 Å². The molecule has 5 heteroatoms. The number of nitrogens with zero attached hydrogens (tertiary/aromatic N) is 3. The lowest BCUT2D eigenvalue weighted by molar-refractivity contribution is -0.137. The van der Waals surface area contributed by atoms with Gasteiger partial charge in [-0.25, -0.2) is 0 Å².